The smallest absolute Gasteiger partial charge is 0.228 e. The number of fused-ring (bicyclic) bond motifs is 1. The fraction of sp³-hybridized carbons (Fsp3) is 0.435. The van der Waals surface area contributed by atoms with Gasteiger partial charge in [0, 0.05) is 36.6 Å². The Morgan fingerprint density at radius 2 is 2.03 bits per heavy atom. The molecule has 1 N–H and O–H groups in total. The van der Waals surface area contributed by atoms with E-state index in [9.17, 15) is 4.79 Å². The second-order valence-electron chi connectivity index (χ2n) is 8.44. The molecule has 150 valence electrons. The molecular weight excluding hydrogens is 364 g/mol. The summed E-state index contributed by atoms with van der Waals surface area (Å²) in [5.41, 5.74) is 0.753. The molecule has 0 unspecified atom stereocenters. The molecule has 2 aliphatic rings. The molecule has 2 fully saturated rings. The Hall–Kier alpha value is -2.89. The molecule has 0 spiro atoms. The van der Waals surface area contributed by atoms with Crippen LogP contribution in [0.1, 0.15) is 38.5 Å². The van der Waals surface area contributed by atoms with E-state index in [0.717, 1.165) is 61.7 Å². The van der Waals surface area contributed by atoms with Crippen molar-refractivity contribution in [2.24, 2.45) is 5.41 Å². The van der Waals surface area contributed by atoms with E-state index in [1.54, 1.807) is 18.7 Å². The number of aromatic nitrogens is 3. The number of nitrogens with one attached hydrogen (secondary N) is 1. The first-order valence-corrected chi connectivity index (χ1v) is 10.5. The highest BCUT2D eigenvalue weighted by Gasteiger charge is 2.50. The normalized spacial score (nSPS) is 22.9. The second-order valence-corrected chi connectivity index (χ2v) is 8.44. The third-order valence-electron chi connectivity index (χ3n) is 6.27. The lowest BCUT2D eigenvalue weighted by Crippen LogP contribution is -2.44. The molecule has 0 atom stereocenters. The molecular formula is C23H26N4O2. The molecule has 0 radical (unpaired) electrons. The minimum Gasteiger partial charge on any atom is -0.490 e. The van der Waals surface area contributed by atoms with Crippen LogP contribution in [0, 0.1) is 5.41 Å². The van der Waals surface area contributed by atoms with Gasteiger partial charge in [0.25, 0.3) is 0 Å². The lowest BCUT2D eigenvalue weighted by Gasteiger charge is -2.30. The SMILES string of the molecule is O=C(NC1CCC(Oc2ccc3ncccc3c2)CC1)C1(Cn2ccnc2)CC1. The summed E-state index contributed by atoms with van der Waals surface area (Å²) in [6, 6.07) is 10.3. The third kappa shape index (κ3) is 3.97. The fourth-order valence-electron chi connectivity index (χ4n) is 4.32. The Morgan fingerprint density at radius 3 is 2.79 bits per heavy atom. The van der Waals surface area contributed by atoms with Crippen molar-refractivity contribution in [1.82, 2.24) is 19.9 Å². The summed E-state index contributed by atoms with van der Waals surface area (Å²) in [6.45, 7) is 0.730. The van der Waals surface area contributed by atoms with E-state index in [2.05, 4.69) is 27.4 Å². The van der Waals surface area contributed by atoms with Gasteiger partial charge in [0.05, 0.1) is 23.4 Å². The Labute approximate surface area is 170 Å². The molecule has 0 aliphatic heterocycles. The maximum Gasteiger partial charge on any atom is 0.228 e. The van der Waals surface area contributed by atoms with Crippen LogP contribution in [-0.2, 0) is 11.3 Å². The van der Waals surface area contributed by atoms with Crippen molar-refractivity contribution >= 4 is 16.8 Å². The second kappa shape index (κ2) is 7.50. The molecule has 3 aromatic rings. The standard InChI is InChI=1S/C23H26N4O2/c28-22(23(9-10-23)15-27-13-12-24-16-27)26-18-3-5-19(6-4-18)29-20-7-8-21-17(14-20)2-1-11-25-21/h1-2,7-8,11-14,16,18-19H,3-6,9-10,15H2,(H,26,28). The van der Waals surface area contributed by atoms with Gasteiger partial charge in [0.2, 0.25) is 5.91 Å². The first-order chi connectivity index (χ1) is 14.2. The monoisotopic (exact) mass is 390 g/mol. The topological polar surface area (TPSA) is 69.0 Å². The van der Waals surface area contributed by atoms with Crippen molar-refractivity contribution < 1.29 is 9.53 Å². The number of carbonyl (C=O) groups excluding carboxylic acids is 1. The lowest BCUT2D eigenvalue weighted by molar-refractivity contribution is -0.127. The van der Waals surface area contributed by atoms with Crippen LogP contribution in [0.15, 0.2) is 55.2 Å². The lowest BCUT2D eigenvalue weighted by atomic mass is 9.92. The van der Waals surface area contributed by atoms with Gasteiger partial charge in [0.15, 0.2) is 0 Å². The number of imidazole rings is 1. The third-order valence-corrected chi connectivity index (χ3v) is 6.27. The van der Waals surface area contributed by atoms with Crippen LogP contribution in [0.25, 0.3) is 10.9 Å². The molecule has 29 heavy (non-hydrogen) atoms. The Morgan fingerprint density at radius 1 is 1.17 bits per heavy atom. The predicted octanol–water partition coefficient (Wildman–Crippen LogP) is 3.72. The molecule has 6 nitrogen and oxygen atoms in total. The minimum absolute atomic E-state index is 0.206. The summed E-state index contributed by atoms with van der Waals surface area (Å²) < 4.78 is 8.23. The van der Waals surface area contributed by atoms with E-state index in [1.165, 1.54) is 0 Å². The van der Waals surface area contributed by atoms with Gasteiger partial charge >= 0.3 is 0 Å². The van der Waals surface area contributed by atoms with E-state index in [0.29, 0.717) is 0 Å². The van der Waals surface area contributed by atoms with E-state index in [4.69, 9.17) is 4.74 Å². The number of hydrogen-bond acceptors (Lipinski definition) is 4. The zero-order chi connectivity index (χ0) is 19.7. The van der Waals surface area contributed by atoms with E-state index >= 15 is 0 Å². The largest absolute Gasteiger partial charge is 0.490 e. The maximum atomic E-state index is 12.8. The first kappa shape index (κ1) is 18.2. The van der Waals surface area contributed by atoms with Crippen molar-refractivity contribution in [2.45, 2.75) is 57.2 Å². The summed E-state index contributed by atoms with van der Waals surface area (Å²) in [6.07, 6.45) is 13.3. The molecule has 5 rings (SSSR count). The van der Waals surface area contributed by atoms with Gasteiger partial charge in [-0.05, 0) is 62.8 Å². The Bertz CT molecular complexity index is 989. The van der Waals surface area contributed by atoms with E-state index in [1.807, 2.05) is 29.0 Å². The van der Waals surface area contributed by atoms with Crippen LogP contribution in [0.2, 0.25) is 0 Å². The maximum absolute atomic E-state index is 12.8. The van der Waals surface area contributed by atoms with Crippen molar-refractivity contribution in [3.05, 3.63) is 55.2 Å². The molecule has 2 aromatic heterocycles. The zero-order valence-corrected chi connectivity index (χ0v) is 16.5. The summed E-state index contributed by atoms with van der Waals surface area (Å²) in [7, 11) is 0. The van der Waals surface area contributed by atoms with Crippen LogP contribution < -0.4 is 10.1 Å². The zero-order valence-electron chi connectivity index (χ0n) is 16.5. The van der Waals surface area contributed by atoms with Gasteiger partial charge in [-0.2, -0.15) is 0 Å². The van der Waals surface area contributed by atoms with Gasteiger partial charge < -0.3 is 14.6 Å². The summed E-state index contributed by atoms with van der Waals surface area (Å²) in [5, 5.41) is 4.40. The number of pyridine rings is 1. The molecule has 1 amide bonds. The molecule has 0 saturated heterocycles. The van der Waals surface area contributed by atoms with Gasteiger partial charge in [-0.1, -0.05) is 6.07 Å². The van der Waals surface area contributed by atoms with Crippen molar-refractivity contribution in [1.29, 1.82) is 0 Å². The van der Waals surface area contributed by atoms with E-state index in [-0.39, 0.29) is 23.5 Å². The number of carbonyl (C=O) groups is 1. The van der Waals surface area contributed by atoms with Gasteiger partial charge in [-0.3, -0.25) is 9.78 Å². The number of ether oxygens (including phenoxy) is 1. The average Bonchev–Trinajstić information content (AvgIpc) is 3.35. The van der Waals surface area contributed by atoms with Crippen molar-refractivity contribution in [3.63, 3.8) is 0 Å². The minimum atomic E-state index is -0.229. The average molecular weight is 390 g/mol. The quantitative estimate of drug-likeness (QED) is 0.696. The van der Waals surface area contributed by atoms with Crippen LogP contribution in [0.4, 0.5) is 0 Å². The number of amides is 1. The van der Waals surface area contributed by atoms with E-state index < -0.39 is 0 Å². The number of nitrogens with zero attached hydrogens (tertiary/aromatic N) is 3. The first-order valence-electron chi connectivity index (χ1n) is 10.5. The molecule has 2 aliphatic carbocycles. The van der Waals surface area contributed by atoms with Crippen LogP contribution >= 0.6 is 0 Å². The van der Waals surface area contributed by atoms with Crippen LogP contribution in [0.3, 0.4) is 0 Å². The van der Waals surface area contributed by atoms with Gasteiger partial charge in [0.1, 0.15) is 5.75 Å². The summed E-state index contributed by atoms with van der Waals surface area (Å²) in [4.78, 5) is 21.3. The Balaban J connectivity index is 1.13. The summed E-state index contributed by atoms with van der Waals surface area (Å²) >= 11 is 0. The number of benzene rings is 1. The molecule has 6 heteroatoms. The Kier molecular flexibility index (Phi) is 4.70. The van der Waals surface area contributed by atoms with Gasteiger partial charge in [-0.25, -0.2) is 4.98 Å². The molecule has 2 heterocycles. The fourth-order valence-corrected chi connectivity index (χ4v) is 4.32. The molecule has 1 aromatic carbocycles. The van der Waals surface area contributed by atoms with Crippen LogP contribution in [0.5, 0.6) is 5.75 Å². The highest BCUT2D eigenvalue weighted by molar-refractivity contribution is 5.85. The molecule has 0 bridgehead atoms. The number of hydrogen-bond donors (Lipinski definition) is 1. The van der Waals surface area contributed by atoms with Crippen molar-refractivity contribution in [3.8, 4) is 5.75 Å². The highest BCUT2D eigenvalue weighted by atomic mass is 16.5. The highest BCUT2D eigenvalue weighted by Crippen LogP contribution is 2.47. The van der Waals surface area contributed by atoms with Gasteiger partial charge in [-0.15, -0.1) is 0 Å². The summed E-state index contributed by atoms with van der Waals surface area (Å²) in [5.74, 6) is 1.10. The van der Waals surface area contributed by atoms with Crippen molar-refractivity contribution in [2.75, 3.05) is 0 Å². The number of rotatable bonds is 6. The predicted molar refractivity (Wildman–Crippen MR) is 110 cm³/mol. The van der Waals surface area contributed by atoms with Crippen LogP contribution in [-0.4, -0.2) is 32.6 Å². The molecule has 2 saturated carbocycles.